The van der Waals surface area contributed by atoms with Gasteiger partial charge in [-0.05, 0) is 44.2 Å². The zero-order valence-corrected chi connectivity index (χ0v) is 16.7. The van der Waals surface area contributed by atoms with Crippen molar-refractivity contribution in [2.45, 2.75) is 18.4 Å². The highest BCUT2D eigenvalue weighted by atomic mass is 16.5. The molecule has 0 radical (unpaired) electrons. The highest BCUT2D eigenvalue weighted by molar-refractivity contribution is 6.07. The normalized spacial score (nSPS) is 23.4. The van der Waals surface area contributed by atoms with Crippen LogP contribution in [0, 0.1) is 0 Å². The summed E-state index contributed by atoms with van der Waals surface area (Å²) >= 11 is 0. The van der Waals surface area contributed by atoms with Crippen LogP contribution in [-0.4, -0.2) is 92.3 Å². The lowest BCUT2D eigenvalue weighted by Gasteiger charge is -2.38. The summed E-state index contributed by atoms with van der Waals surface area (Å²) in [7, 11) is 3.72. The van der Waals surface area contributed by atoms with Crippen molar-refractivity contribution in [1.29, 1.82) is 0 Å². The van der Waals surface area contributed by atoms with E-state index in [1.54, 1.807) is 7.11 Å². The van der Waals surface area contributed by atoms with Crippen LogP contribution in [0.2, 0.25) is 0 Å². The third kappa shape index (κ3) is 3.54. The molecule has 3 amide bonds. The number of carbonyl (C=O) groups excluding carboxylic acids is 2. The topological polar surface area (TPSA) is 68.4 Å². The smallest absolute Gasteiger partial charge is 0.326 e. The minimum Gasteiger partial charge on any atom is -0.497 e. The van der Waals surface area contributed by atoms with Gasteiger partial charge in [0.2, 0.25) is 0 Å². The van der Waals surface area contributed by atoms with Crippen molar-refractivity contribution in [1.82, 2.24) is 20.0 Å². The molecular formula is C20H29N5O3. The second kappa shape index (κ2) is 7.60. The standard InChI is InChI=1S/C20H29N5O3/c1-22-9-7-20(8-10-22)18(26)25(19(27)21-20)15-23-11-13-24(14-12-23)16-3-5-17(28-2)6-4-16/h3-6H,7-15H2,1-2H3,(H,21,27). The molecular weight excluding hydrogens is 358 g/mol. The van der Waals surface area contributed by atoms with E-state index in [1.807, 2.05) is 19.2 Å². The van der Waals surface area contributed by atoms with Crippen molar-refractivity contribution < 1.29 is 14.3 Å². The van der Waals surface area contributed by atoms with E-state index in [9.17, 15) is 9.59 Å². The summed E-state index contributed by atoms with van der Waals surface area (Å²) in [4.78, 5) is 33.6. The summed E-state index contributed by atoms with van der Waals surface area (Å²) in [6.07, 6.45) is 1.38. The van der Waals surface area contributed by atoms with E-state index in [1.165, 1.54) is 10.6 Å². The van der Waals surface area contributed by atoms with E-state index in [0.717, 1.165) is 45.0 Å². The van der Waals surface area contributed by atoms with Gasteiger partial charge in [0.25, 0.3) is 5.91 Å². The second-order valence-electron chi connectivity index (χ2n) is 7.99. The van der Waals surface area contributed by atoms with Crippen molar-refractivity contribution in [2.24, 2.45) is 0 Å². The first-order valence-electron chi connectivity index (χ1n) is 9.95. The van der Waals surface area contributed by atoms with E-state index in [2.05, 4.69) is 32.1 Å². The number of imide groups is 1. The highest BCUT2D eigenvalue weighted by Crippen LogP contribution is 2.29. The molecule has 4 rings (SSSR count). The van der Waals surface area contributed by atoms with Gasteiger partial charge in [-0.15, -0.1) is 0 Å². The minimum absolute atomic E-state index is 0.0526. The van der Waals surface area contributed by atoms with Gasteiger partial charge in [-0.25, -0.2) is 9.69 Å². The van der Waals surface area contributed by atoms with Gasteiger partial charge >= 0.3 is 6.03 Å². The lowest BCUT2D eigenvalue weighted by atomic mass is 9.88. The number of likely N-dealkylation sites (tertiary alicyclic amines) is 1. The zero-order valence-electron chi connectivity index (χ0n) is 16.7. The van der Waals surface area contributed by atoms with E-state index in [-0.39, 0.29) is 11.9 Å². The van der Waals surface area contributed by atoms with Crippen LogP contribution in [0.5, 0.6) is 5.75 Å². The number of piperazine rings is 1. The Kier molecular flexibility index (Phi) is 5.16. The maximum atomic E-state index is 13.0. The summed E-state index contributed by atoms with van der Waals surface area (Å²) in [5.41, 5.74) is 0.481. The molecule has 0 unspecified atom stereocenters. The quantitative estimate of drug-likeness (QED) is 0.771. The Balaban J connectivity index is 1.33. The van der Waals surface area contributed by atoms with Gasteiger partial charge in [-0.1, -0.05) is 0 Å². The molecule has 3 fully saturated rings. The molecule has 152 valence electrons. The van der Waals surface area contributed by atoms with Crippen LogP contribution in [0.1, 0.15) is 12.8 Å². The lowest BCUT2D eigenvalue weighted by Crippen LogP contribution is -2.55. The number of benzene rings is 1. The summed E-state index contributed by atoms with van der Waals surface area (Å²) in [5.74, 6) is 0.798. The molecule has 3 heterocycles. The molecule has 0 atom stereocenters. The Labute approximate surface area is 166 Å². The SMILES string of the molecule is COc1ccc(N2CCN(CN3C(=O)NC4(CCN(C)CC4)C3=O)CC2)cc1. The first kappa shape index (κ1) is 19.0. The van der Waals surface area contributed by atoms with Crippen molar-refractivity contribution >= 4 is 17.6 Å². The van der Waals surface area contributed by atoms with E-state index < -0.39 is 5.54 Å². The van der Waals surface area contributed by atoms with Crippen molar-refractivity contribution in [2.75, 3.05) is 65.0 Å². The number of amides is 3. The van der Waals surface area contributed by atoms with Crippen LogP contribution >= 0.6 is 0 Å². The Morgan fingerprint density at radius 2 is 1.64 bits per heavy atom. The number of nitrogens with one attached hydrogen (secondary N) is 1. The first-order valence-corrected chi connectivity index (χ1v) is 9.95. The lowest BCUT2D eigenvalue weighted by molar-refractivity contribution is -0.134. The molecule has 3 aliphatic heterocycles. The molecule has 3 saturated heterocycles. The molecule has 28 heavy (non-hydrogen) atoms. The fourth-order valence-corrected chi connectivity index (χ4v) is 4.28. The van der Waals surface area contributed by atoms with E-state index in [0.29, 0.717) is 19.5 Å². The molecule has 1 aromatic rings. The molecule has 3 aliphatic rings. The summed E-state index contributed by atoms with van der Waals surface area (Å²) < 4.78 is 5.22. The molecule has 8 heteroatoms. The molecule has 0 aromatic heterocycles. The molecule has 0 aliphatic carbocycles. The van der Waals surface area contributed by atoms with Crippen molar-refractivity contribution in [3.63, 3.8) is 0 Å². The van der Waals surface area contributed by atoms with Crippen LogP contribution in [0.15, 0.2) is 24.3 Å². The largest absolute Gasteiger partial charge is 0.497 e. The van der Waals surface area contributed by atoms with Crippen LogP contribution in [-0.2, 0) is 4.79 Å². The predicted molar refractivity (Wildman–Crippen MR) is 106 cm³/mol. The monoisotopic (exact) mass is 387 g/mol. The van der Waals surface area contributed by atoms with Gasteiger partial charge in [0.1, 0.15) is 11.3 Å². The first-order chi connectivity index (χ1) is 13.5. The van der Waals surface area contributed by atoms with Gasteiger partial charge in [-0.3, -0.25) is 9.69 Å². The Morgan fingerprint density at radius 1 is 1.00 bits per heavy atom. The Hall–Kier alpha value is -2.32. The van der Waals surface area contributed by atoms with Gasteiger partial charge < -0.3 is 19.9 Å². The molecule has 0 bridgehead atoms. The van der Waals surface area contributed by atoms with Crippen molar-refractivity contribution in [3.8, 4) is 5.75 Å². The number of methoxy groups -OCH3 is 1. The number of urea groups is 1. The highest BCUT2D eigenvalue weighted by Gasteiger charge is 2.52. The fraction of sp³-hybridized carbons (Fsp3) is 0.600. The molecule has 1 N–H and O–H groups in total. The average molecular weight is 387 g/mol. The molecule has 8 nitrogen and oxygen atoms in total. The number of piperidine rings is 1. The van der Waals surface area contributed by atoms with Crippen molar-refractivity contribution in [3.05, 3.63) is 24.3 Å². The molecule has 0 saturated carbocycles. The number of nitrogens with zero attached hydrogens (tertiary/aromatic N) is 4. The number of anilines is 1. The molecule has 1 spiro atoms. The van der Waals surface area contributed by atoms with Crippen LogP contribution in [0.25, 0.3) is 0 Å². The van der Waals surface area contributed by atoms with Gasteiger partial charge in [0.05, 0.1) is 13.8 Å². The van der Waals surface area contributed by atoms with Crippen LogP contribution in [0.4, 0.5) is 10.5 Å². The third-order valence-electron chi connectivity index (χ3n) is 6.24. The zero-order chi connectivity index (χ0) is 19.7. The number of ether oxygens (including phenoxy) is 1. The average Bonchev–Trinajstić information content (AvgIpc) is 2.95. The maximum absolute atomic E-state index is 13.0. The third-order valence-corrected chi connectivity index (χ3v) is 6.24. The number of carbonyl (C=O) groups is 2. The predicted octanol–water partition coefficient (Wildman–Crippen LogP) is 0.791. The Bertz CT molecular complexity index is 722. The maximum Gasteiger partial charge on any atom is 0.326 e. The minimum atomic E-state index is -0.686. The summed E-state index contributed by atoms with van der Waals surface area (Å²) in [5, 5.41) is 2.99. The second-order valence-corrected chi connectivity index (χ2v) is 7.99. The van der Waals surface area contributed by atoms with E-state index >= 15 is 0 Å². The van der Waals surface area contributed by atoms with Crippen LogP contribution in [0.3, 0.4) is 0 Å². The number of hydrogen-bond donors (Lipinski definition) is 1. The number of hydrogen-bond acceptors (Lipinski definition) is 6. The number of rotatable bonds is 4. The summed E-state index contributed by atoms with van der Waals surface area (Å²) in [6, 6.07) is 7.82. The summed E-state index contributed by atoms with van der Waals surface area (Å²) in [6.45, 7) is 5.41. The molecule has 1 aromatic carbocycles. The van der Waals surface area contributed by atoms with Gasteiger partial charge in [0, 0.05) is 45.0 Å². The van der Waals surface area contributed by atoms with Gasteiger partial charge in [-0.2, -0.15) is 0 Å². The Morgan fingerprint density at radius 3 is 2.25 bits per heavy atom. The van der Waals surface area contributed by atoms with E-state index in [4.69, 9.17) is 4.74 Å². The fourth-order valence-electron chi connectivity index (χ4n) is 4.28. The van der Waals surface area contributed by atoms with Crippen LogP contribution < -0.4 is 15.0 Å². The van der Waals surface area contributed by atoms with Gasteiger partial charge in [0.15, 0.2) is 0 Å².